The van der Waals surface area contributed by atoms with Crippen LogP contribution in [0.15, 0.2) is 71.6 Å². The third kappa shape index (κ3) is 5.50. The van der Waals surface area contributed by atoms with Crippen LogP contribution in [0, 0.1) is 13.8 Å². The summed E-state index contributed by atoms with van der Waals surface area (Å²) in [5.74, 6) is -0.0601. The Morgan fingerprint density at radius 2 is 1.59 bits per heavy atom. The lowest BCUT2D eigenvalue weighted by Gasteiger charge is -2.26. The van der Waals surface area contributed by atoms with Crippen LogP contribution in [0.5, 0.6) is 0 Å². The van der Waals surface area contributed by atoms with Crippen LogP contribution in [-0.4, -0.2) is 20.9 Å². The number of amides is 1. The van der Waals surface area contributed by atoms with Gasteiger partial charge < -0.3 is 5.32 Å². The molecule has 0 saturated heterocycles. The fraction of sp³-hybridized carbons (Fsp3) is 0.240. The maximum Gasteiger partial charge on any atom is 0.264 e. The standard InChI is InChI=1S/C25H27ClN2O3S/c1-17(2)20-7-10-22(11-8-20)27-25(29)16-28(24-14-9-21(26)15-19(24)4)32(30,31)23-12-5-18(3)6-13-23/h5-15,17H,16H2,1-4H3,(H,27,29). The number of halogens is 1. The first-order chi connectivity index (χ1) is 15.1. The number of sulfonamides is 1. The molecule has 0 radical (unpaired) electrons. The molecule has 5 nitrogen and oxygen atoms in total. The molecule has 0 aliphatic carbocycles. The van der Waals surface area contributed by atoms with E-state index in [2.05, 4.69) is 19.2 Å². The van der Waals surface area contributed by atoms with Gasteiger partial charge in [-0.15, -0.1) is 0 Å². The van der Waals surface area contributed by atoms with Gasteiger partial charge in [-0.25, -0.2) is 8.42 Å². The Balaban J connectivity index is 1.93. The Morgan fingerprint density at radius 3 is 2.16 bits per heavy atom. The normalized spacial score (nSPS) is 11.4. The van der Waals surface area contributed by atoms with Crippen molar-refractivity contribution < 1.29 is 13.2 Å². The van der Waals surface area contributed by atoms with Gasteiger partial charge in [-0.1, -0.05) is 55.3 Å². The lowest BCUT2D eigenvalue weighted by molar-refractivity contribution is -0.114. The Morgan fingerprint density at radius 1 is 0.969 bits per heavy atom. The van der Waals surface area contributed by atoms with Crippen LogP contribution < -0.4 is 9.62 Å². The number of aryl methyl sites for hydroxylation is 2. The number of anilines is 2. The summed E-state index contributed by atoms with van der Waals surface area (Å²) in [6.45, 7) is 7.47. The second-order valence-electron chi connectivity index (χ2n) is 8.08. The number of nitrogens with one attached hydrogen (secondary N) is 1. The number of carbonyl (C=O) groups excluding carboxylic acids is 1. The molecule has 3 rings (SSSR count). The number of hydrogen-bond donors (Lipinski definition) is 1. The molecule has 168 valence electrons. The zero-order valence-corrected chi connectivity index (χ0v) is 20.2. The van der Waals surface area contributed by atoms with E-state index >= 15 is 0 Å². The van der Waals surface area contributed by atoms with Gasteiger partial charge in [0.25, 0.3) is 10.0 Å². The molecule has 0 fully saturated rings. The van der Waals surface area contributed by atoms with Crippen molar-refractivity contribution in [3.05, 3.63) is 88.4 Å². The monoisotopic (exact) mass is 470 g/mol. The molecule has 0 bridgehead atoms. The van der Waals surface area contributed by atoms with Crippen molar-refractivity contribution in [3.8, 4) is 0 Å². The third-order valence-corrected chi connectivity index (χ3v) is 7.19. The smallest absolute Gasteiger partial charge is 0.264 e. The number of carbonyl (C=O) groups is 1. The van der Waals surface area contributed by atoms with E-state index in [-0.39, 0.29) is 11.4 Å². The van der Waals surface area contributed by atoms with Crippen molar-refractivity contribution in [1.29, 1.82) is 0 Å². The van der Waals surface area contributed by atoms with E-state index in [1.165, 1.54) is 0 Å². The lowest BCUT2D eigenvalue weighted by atomic mass is 10.0. The summed E-state index contributed by atoms with van der Waals surface area (Å²) in [6.07, 6.45) is 0. The number of rotatable bonds is 7. The summed E-state index contributed by atoms with van der Waals surface area (Å²) >= 11 is 6.07. The van der Waals surface area contributed by atoms with Gasteiger partial charge in [0.1, 0.15) is 6.54 Å². The Kier molecular flexibility index (Phi) is 7.26. The first kappa shape index (κ1) is 23.8. The molecule has 0 heterocycles. The predicted molar refractivity (Wildman–Crippen MR) is 131 cm³/mol. The minimum Gasteiger partial charge on any atom is -0.325 e. The van der Waals surface area contributed by atoms with Gasteiger partial charge in [0.05, 0.1) is 10.6 Å². The summed E-state index contributed by atoms with van der Waals surface area (Å²) in [5.41, 5.74) is 3.77. The van der Waals surface area contributed by atoms with Crippen molar-refractivity contribution in [2.75, 3.05) is 16.2 Å². The second kappa shape index (κ2) is 9.76. The second-order valence-corrected chi connectivity index (χ2v) is 10.4. The van der Waals surface area contributed by atoms with Gasteiger partial charge in [0, 0.05) is 10.7 Å². The van der Waals surface area contributed by atoms with Crippen LogP contribution in [-0.2, 0) is 14.8 Å². The minimum absolute atomic E-state index is 0.117. The van der Waals surface area contributed by atoms with Gasteiger partial charge >= 0.3 is 0 Å². The SMILES string of the molecule is Cc1ccc(S(=O)(=O)N(CC(=O)Nc2ccc(C(C)C)cc2)c2ccc(Cl)cc2C)cc1. The van der Waals surface area contributed by atoms with Crippen molar-refractivity contribution in [3.63, 3.8) is 0 Å². The molecule has 0 atom stereocenters. The van der Waals surface area contributed by atoms with Crippen LogP contribution in [0.2, 0.25) is 5.02 Å². The molecule has 0 aliphatic heterocycles. The number of nitrogens with zero attached hydrogens (tertiary/aromatic N) is 1. The van der Waals surface area contributed by atoms with Crippen molar-refractivity contribution in [2.45, 2.75) is 38.5 Å². The van der Waals surface area contributed by atoms with E-state index in [1.54, 1.807) is 49.4 Å². The fourth-order valence-corrected chi connectivity index (χ4v) is 5.03. The van der Waals surface area contributed by atoms with Gasteiger partial charge in [-0.05, 0) is 73.4 Å². The maximum absolute atomic E-state index is 13.5. The van der Waals surface area contributed by atoms with Crippen LogP contribution in [0.4, 0.5) is 11.4 Å². The molecule has 32 heavy (non-hydrogen) atoms. The van der Waals surface area contributed by atoms with Crippen LogP contribution in [0.3, 0.4) is 0 Å². The van der Waals surface area contributed by atoms with E-state index in [0.717, 1.165) is 15.4 Å². The first-order valence-electron chi connectivity index (χ1n) is 10.3. The topological polar surface area (TPSA) is 66.5 Å². The predicted octanol–water partition coefficient (Wildman–Crippen LogP) is 5.91. The Hall–Kier alpha value is -2.83. The molecular formula is C25H27ClN2O3S. The maximum atomic E-state index is 13.5. The molecule has 0 saturated carbocycles. The lowest BCUT2D eigenvalue weighted by Crippen LogP contribution is -2.38. The molecule has 1 N–H and O–H groups in total. The highest BCUT2D eigenvalue weighted by Gasteiger charge is 2.28. The summed E-state index contributed by atoms with van der Waals surface area (Å²) in [6, 6.07) is 19.0. The van der Waals surface area contributed by atoms with E-state index in [9.17, 15) is 13.2 Å². The quantitative estimate of drug-likeness (QED) is 0.466. The summed E-state index contributed by atoms with van der Waals surface area (Å²) in [7, 11) is -3.98. The third-order valence-electron chi connectivity index (χ3n) is 5.18. The number of benzene rings is 3. The molecule has 0 aliphatic rings. The van der Waals surface area contributed by atoms with Crippen LogP contribution in [0.1, 0.15) is 36.5 Å². The molecule has 0 aromatic heterocycles. The van der Waals surface area contributed by atoms with E-state index in [1.807, 2.05) is 31.2 Å². The molecule has 7 heteroatoms. The molecule has 3 aromatic carbocycles. The van der Waals surface area contributed by atoms with E-state index in [0.29, 0.717) is 27.9 Å². The van der Waals surface area contributed by atoms with Gasteiger partial charge in [0.2, 0.25) is 5.91 Å². The Labute approximate surface area is 195 Å². The molecule has 0 unspecified atom stereocenters. The van der Waals surface area contributed by atoms with Gasteiger partial charge in [-0.3, -0.25) is 9.10 Å². The Bertz CT molecular complexity index is 1200. The highest BCUT2D eigenvalue weighted by Crippen LogP contribution is 2.29. The average molecular weight is 471 g/mol. The molecule has 0 spiro atoms. The van der Waals surface area contributed by atoms with Crippen molar-refractivity contribution in [1.82, 2.24) is 0 Å². The van der Waals surface area contributed by atoms with Crippen LogP contribution >= 0.6 is 11.6 Å². The van der Waals surface area contributed by atoms with Crippen LogP contribution in [0.25, 0.3) is 0 Å². The zero-order valence-electron chi connectivity index (χ0n) is 18.6. The first-order valence-corrected chi connectivity index (χ1v) is 12.1. The average Bonchev–Trinajstić information content (AvgIpc) is 2.73. The highest BCUT2D eigenvalue weighted by molar-refractivity contribution is 7.92. The number of hydrogen-bond acceptors (Lipinski definition) is 3. The zero-order chi connectivity index (χ0) is 23.5. The highest BCUT2D eigenvalue weighted by atomic mass is 35.5. The van der Waals surface area contributed by atoms with Gasteiger partial charge in [0.15, 0.2) is 0 Å². The summed E-state index contributed by atoms with van der Waals surface area (Å²) in [4.78, 5) is 13.0. The molecule has 1 amide bonds. The van der Waals surface area contributed by atoms with Gasteiger partial charge in [-0.2, -0.15) is 0 Å². The molecule has 3 aromatic rings. The van der Waals surface area contributed by atoms with Crippen molar-refractivity contribution in [2.24, 2.45) is 0 Å². The minimum atomic E-state index is -3.98. The largest absolute Gasteiger partial charge is 0.325 e. The summed E-state index contributed by atoms with van der Waals surface area (Å²) < 4.78 is 28.1. The fourth-order valence-electron chi connectivity index (χ4n) is 3.32. The molecular weight excluding hydrogens is 444 g/mol. The van der Waals surface area contributed by atoms with E-state index < -0.39 is 15.9 Å². The van der Waals surface area contributed by atoms with E-state index in [4.69, 9.17) is 11.6 Å². The summed E-state index contributed by atoms with van der Waals surface area (Å²) in [5, 5.41) is 3.29. The van der Waals surface area contributed by atoms with Crippen molar-refractivity contribution >= 4 is 38.9 Å².